The van der Waals surface area contributed by atoms with Crippen LogP contribution in [-0.4, -0.2) is 54.3 Å². The van der Waals surface area contributed by atoms with E-state index in [-0.39, 0.29) is 5.75 Å². The number of piperazine rings is 1. The molecule has 1 aliphatic rings. The zero-order valence-electron chi connectivity index (χ0n) is 18.8. The van der Waals surface area contributed by atoms with Crippen LogP contribution in [0, 0.1) is 6.92 Å². The van der Waals surface area contributed by atoms with Crippen molar-refractivity contribution in [3.8, 4) is 33.8 Å². The third-order valence-electron chi connectivity index (χ3n) is 6.19. The van der Waals surface area contributed by atoms with E-state index < -0.39 is 0 Å². The van der Waals surface area contributed by atoms with Crippen LogP contribution >= 0.6 is 0 Å². The van der Waals surface area contributed by atoms with Gasteiger partial charge in [0.15, 0.2) is 11.5 Å². The fraction of sp³-hybridized carbons (Fsp3) is 0.346. The Balaban J connectivity index is 1.56. The van der Waals surface area contributed by atoms with Gasteiger partial charge in [-0.3, -0.25) is 9.88 Å². The molecule has 2 aromatic carbocycles. The van der Waals surface area contributed by atoms with E-state index in [9.17, 15) is 5.11 Å². The molecule has 31 heavy (non-hydrogen) atoms. The number of ether oxygens (including phenoxy) is 1. The Hall–Kier alpha value is -3.05. The summed E-state index contributed by atoms with van der Waals surface area (Å²) in [5.74, 6) is 0.599. The summed E-state index contributed by atoms with van der Waals surface area (Å²) in [6.07, 6.45) is 1.92. The van der Waals surface area contributed by atoms with Gasteiger partial charge in [0.1, 0.15) is 0 Å². The number of anilines is 1. The van der Waals surface area contributed by atoms with Crippen LogP contribution in [0.4, 0.5) is 5.69 Å². The standard InChI is InChI=1S/C26H31N3O2/c1-18(2)28-11-13-29(14-12-28)23-8-5-20(6-9-23)22-15-24(19(3)27-17-22)21-7-10-25(30)26(16-21)31-4/h5-10,15-18,30H,11-14H2,1-4H3. The number of aromatic nitrogens is 1. The highest BCUT2D eigenvalue weighted by atomic mass is 16.5. The van der Waals surface area contributed by atoms with E-state index in [1.807, 2.05) is 25.3 Å². The van der Waals surface area contributed by atoms with Gasteiger partial charge in [0.2, 0.25) is 0 Å². The van der Waals surface area contributed by atoms with E-state index in [1.165, 1.54) is 5.69 Å². The Kier molecular flexibility index (Phi) is 6.14. The highest BCUT2D eigenvalue weighted by Crippen LogP contribution is 2.34. The first-order valence-electron chi connectivity index (χ1n) is 10.9. The maximum absolute atomic E-state index is 9.91. The smallest absolute Gasteiger partial charge is 0.161 e. The number of rotatable bonds is 5. The molecule has 4 rings (SSSR count). The van der Waals surface area contributed by atoms with Gasteiger partial charge >= 0.3 is 0 Å². The minimum Gasteiger partial charge on any atom is -0.504 e. The van der Waals surface area contributed by atoms with Crippen molar-refractivity contribution in [2.24, 2.45) is 0 Å². The molecule has 1 N–H and O–H groups in total. The van der Waals surface area contributed by atoms with Crippen molar-refractivity contribution < 1.29 is 9.84 Å². The number of hydrogen-bond donors (Lipinski definition) is 1. The number of aryl methyl sites for hydroxylation is 1. The molecule has 162 valence electrons. The zero-order chi connectivity index (χ0) is 22.0. The number of phenolic OH excluding ortho intramolecular Hbond substituents is 1. The molecule has 1 aromatic heterocycles. The predicted octanol–water partition coefficient (Wildman–Crippen LogP) is 4.97. The van der Waals surface area contributed by atoms with Crippen LogP contribution < -0.4 is 9.64 Å². The molecule has 0 bridgehead atoms. The fourth-order valence-corrected chi connectivity index (χ4v) is 4.19. The van der Waals surface area contributed by atoms with Gasteiger partial charge in [0.25, 0.3) is 0 Å². The zero-order valence-corrected chi connectivity index (χ0v) is 18.8. The average Bonchev–Trinajstić information content (AvgIpc) is 2.80. The Morgan fingerprint density at radius 2 is 1.58 bits per heavy atom. The molecule has 0 unspecified atom stereocenters. The normalized spacial score (nSPS) is 14.8. The molecule has 5 nitrogen and oxygen atoms in total. The van der Waals surface area contributed by atoms with Crippen molar-refractivity contribution in [1.29, 1.82) is 0 Å². The summed E-state index contributed by atoms with van der Waals surface area (Å²) in [7, 11) is 1.56. The van der Waals surface area contributed by atoms with Crippen LogP contribution in [0.1, 0.15) is 19.5 Å². The lowest BCUT2D eigenvalue weighted by Crippen LogP contribution is -2.48. The molecule has 1 saturated heterocycles. The number of phenols is 1. The Morgan fingerprint density at radius 3 is 2.23 bits per heavy atom. The first-order valence-corrected chi connectivity index (χ1v) is 10.9. The largest absolute Gasteiger partial charge is 0.504 e. The summed E-state index contributed by atoms with van der Waals surface area (Å²) in [6, 6.07) is 17.0. The number of aromatic hydroxyl groups is 1. The number of hydrogen-bond acceptors (Lipinski definition) is 5. The topological polar surface area (TPSA) is 48.8 Å². The summed E-state index contributed by atoms with van der Waals surface area (Å²) >= 11 is 0. The van der Waals surface area contributed by atoms with E-state index in [4.69, 9.17) is 4.74 Å². The van der Waals surface area contributed by atoms with Gasteiger partial charge < -0.3 is 14.7 Å². The minimum atomic E-state index is 0.137. The second-order valence-corrected chi connectivity index (χ2v) is 8.41. The lowest BCUT2D eigenvalue weighted by molar-refractivity contribution is 0.209. The van der Waals surface area contributed by atoms with Crippen LogP contribution in [-0.2, 0) is 0 Å². The first-order chi connectivity index (χ1) is 15.0. The number of methoxy groups -OCH3 is 1. The highest BCUT2D eigenvalue weighted by molar-refractivity contribution is 5.75. The summed E-state index contributed by atoms with van der Waals surface area (Å²) in [5, 5.41) is 9.91. The number of benzene rings is 2. The second-order valence-electron chi connectivity index (χ2n) is 8.41. The third-order valence-corrected chi connectivity index (χ3v) is 6.19. The van der Waals surface area contributed by atoms with Crippen molar-refractivity contribution in [2.75, 3.05) is 38.2 Å². The van der Waals surface area contributed by atoms with E-state index in [0.717, 1.165) is 54.1 Å². The van der Waals surface area contributed by atoms with Crippen molar-refractivity contribution in [3.05, 3.63) is 60.4 Å². The Bertz CT molecular complexity index is 1040. The van der Waals surface area contributed by atoms with Gasteiger partial charge in [-0.1, -0.05) is 18.2 Å². The lowest BCUT2D eigenvalue weighted by Gasteiger charge is -2.38. The molecule has 1 aliphatic heterocycles. The molecule has 2 heterocycles. The van der Waals surface area contributed by atoms with Gasteiger partial charge in [-0.05, 0) is 62.2 Å². The second kappa shape index (κ2) is 8.98. The van der Waals surface area contributed by atoms with Crippen LogP contribution in [0.2, 0.25) is 0 Å². The molecule has 0 amide bonds. The molecule has 1 fully saturated rings. The van der Waals surface area contributed by atoms with Crippen LogP contribution in [0.3, 0.4) is 0 Å². The molecule has 0 spiro atoms. The monoisotopic (exact) mass is 417 g/mol. The van der Waals surface area contributed by atoms with Crippen LogP contribution in [0.25, 0.3) is 22.3 Å². The summed E-state index contributed by atoms with van der Waals surface area (Å²) in [5.41, 5.74) is 6.44. The third kappa shape index (κ3) is 4.52. The number of nitrogens with zero attached hydrogens (tertiary/aromatic N) is 3. The Labute approximate surface area is 184 Å². The van der Waals surface area contributed by atoms with E-state index in [2.05, 4.69) is 59.0 Å². The summed E-state index contributed by atoms with van der Waals surface area (Å²) < 4.78 is 5.27. The lowest BCUT2D eigenvalue weighted by atomic mass is 9.99. The maximum Gasteiger partial charge on any atom is 0.161 e. The first kappa shape index (κ1) is 21.2. The molecule has 3 aromatic rings. The van der Waals surface area contributed by atoms with Crippen molar-refractivity contribution in [2.45, 2.75) is 26.8 Å². The summed E-state index contributed by atoms with van der Waals surface area (Å²) in [6.45, 7) is 10.9. The van der Waals surface area contributed by atoms with Gasteiger partial charge in [-0.2, -0.15) is 0 Å². The van der Waals surface area contributed by atoms with E-state index in [1.54, 1.807) is 13.2 Å². The predicted molar refractivity (Wildman–Crippen MR) is 127 cm³/mol. The molecular formula is C26H31N3O2. The Morgan fingerprint density at radius 1 is 0.903 bits per heavy atom. The van der Waals surface area contributed by atoms with Gasteiger partial charge in [-0.25, -0.2) is 0 Å². The van der Waals surface area contributed by atoms with E-state index in [0.29, 0.717) is 11.8 Å². The van der Waals surface area contributed by atoms with Gasteiger partial charge in [0, 0.05) is 60.9 Å². The molecular weight excluding hydrogens is 386 g/mol. The number of pyridine rings is 1. The van der Waals surface area contributed by atoms with Gasteiger partial charge in [-0.15, -0.1) is 0 Å². The van der Waals surface area contributed by atoms with Crippen molar-refractivity contribution in [3.63, 3.8) is 0 Å². The highest BCUT2D eigenvalue weighted by Gasteiger charge is 2.19. The van der Waals surface area contributed by atoms with Gasteiger partial charge in [0.05, 0.1) is 7.11 Å². The molecule has 0 radical (unpaired) electrons. The maximum atomic E-state index is 9.91. The molecule has 0 aliphatic carbocycles. The van der Waals surface area contributed by atoms with Crippen LogP contribution in [0.5, 0.6) is 11.5 Å². The molecule has 0 atom stereocenters. The quantitative estimate of drug-likeness (QED) is 0.635. The minimum absolute atomic E-state index is 0.137. The fourth-order valence-electron chi connectivity index (χ4n) is 4.19. The molecule has 5 heteroatoms. The van der Waals surface area contributed by atoms with E-state index >= 15 is 0 Å². The van der Waals surface area contributed by atoms with Crippen molar-refractivity contribution in [1.82, 2.24) is 9.88 Å². The molecule has 0 saturated carbocycles. The van der Waals surface area contributed by atoms with Crippen molar-refractivity contribution >= 4 is 5.69 Å². The average molecular weight is 418 g/mol. The van der Waals surface area contributed by atoms with Crippen LogP contribution in [0.15, 0.2) is 54.7 Å². The SMILES string of the molecule is COc1cc(-c2cc(-c3ccc(N4CCN(C(C)C)CC4)cc3)cnc2C)ccc1O. The summed E-state index contributed by atoms with van der Waals surface area (Å²) in [4.78, 5) is 9.62.